The summed E-state index contributed by atoms with van der Waals surface area (Å²) in [5.41, 5.74) is 0.977. The van der Waals surface area contributed by atoms with Gasteiger partial charge in [-0.3, -0.25) is 0 Å². The minimum Gasteiger partial charge on any atom is -0.504 e. The van der Waals surface area contributed by atoms with Crippen molar-refractivity contribution < 1.29 is 9.84 Å². The average molecular weight is 221 g/mol. The molecule has 0 bridgehead atoms. The van der Waals surface area contributed by atoms with Crippen molar-refractivity contribution in [2.45, 2.75) is 38.1 Å². The van der Waals surface area contributed by atoms with Gasteiger partial charge in [-0.2, -0.15) is 0 Å². The summed E-state index contributed by atoms with van der Waals surface area (Å²) in [5.74, 6) is 0.720. The molecule has 0 heterocycles. The van der Waals surface area contributed by atoms with Gasteiger partial charge in [0, 0.05) is 17.8 Å². The Morgan fingerprint density at radius 3 is 2.62 bits per heavy atom. The zero-order valence-corrected chi connectivity index (χ0v) is 9.70. The number of aromatic hydroxyl groups is 1. The molecule has 88 valence electrons. The van der Waals surface area contributed by atoms with Gasteiger partial charge in [0.15, 0.2) is 11.5 Å². The van der Waals surface area contributed by atoms with E-state index in [2.05, 4.69) is 5.32 Å². The maximum Gasteiger partial charge on any atom is 0.160 e. The number of ether oxygens (including phenoxy) is 1. The average Bonchev–Trinajstić information content (AvgIpc) is 2.31. The van der Waals surface area contributed by atoms with E-state index in [1.54, 1.807) is 19.2 Å². The number of anilines is 1. The van der Waals surface area contributed by atoms with Crippen molar-refractivity contribution in [1.29, 1.82) is 0 Å². The van der Waals surface area contributed by atoms with Crippen LogP contribution in [0.3, 0.4) is 0 Å². The first-order valence-corrected chi connectivity index (χ1v) is 5.93. The zero-order chi connectivity index (χ0) is 11.4. The molecular formula is C13H19NO2. The van der Waals surface area contributed by atoms with E-state index in [-0.39, 0.29) is 5.75 Å². The highest BCUT2D eigenvalue weighted by Crippen LogP contribution is 2.30. The van der Waals surface area contributed by atoms with Crippen LogP contribution in [0, 0.1) is 0 Å². The first kappa shape index (κ1) is 11.1. The molecule has 3 nitrogen and oxygen atoms in total. The number of hydrogen-bond acceptors (Lipinski definition) is 3. The van der Waals surface area contributed by atoms with Gasteiger partial charge in [-0.05, 0) is 25.0 Å². The molecule has 1 aliphatic carbocycles. The van der Waals surface area contributed by atoms with E-state index in [1.807, 2.05) is 6.07 Å². The molecule has 0 radical (unpaired) electrons. The predicted molar refractivity (Wildman–Crippen MR) is 65.2 cm³/mol. The van der Waals surface area contributed by atoms with Crippen molar-refractivity contribution in [2.75, 3.05) is 12.4 Å². The Hall–Kier alpha value is -1.38. The van der Waals surface area contributed by atoms with E-state index in [9.17, 15) is 5.11 Å². The molecule has 0 saturated heterocycles. The van der Waals surface area contributed by atoms with Gasteiger partial charge in [0.25, 0.3) is 0 Å². The van der Waals surface area contributed by atoms with Crippen LogP contribution in [0.2, 0.25) is 0 Å². The standard InChI is InChI=1S/C13H19NO2/c1-16-13-8-7-11(9-12(13)15)14-10-5-3-2-4-6-10/h7-10,14-15H,2-6H2,1H3. The third-order valence-corrected chi connectivity index (χ3v) is 3.15. The van der Waals surface area contributed by atoms with Crippen LogP contribution in [-0.2, 0) is 0 Å². The lowest BCUT2D eigenvalue weighted by Gasteiger charge is -2.24. The molecule has 2 rings (SSSR count). The molecule has 0 unspecified atom stereocenters. The van der Waals surface area contributed by atoms with Crippen LogP contribution < -0.4 is 10.1 Å². The zero-order valence-electron chi connectivity index (χ0n) is 9.70. The van der Waals surface area contributed by atoms with Crippen LogP contribution in [0.5, 0.6) is 11.5 Å². The van der Waals surface area contributed by atoms with E-state index in [0.29, 0.717) is 11.8 Å². The van der Waals surface area contributed by atoms with E-state index >= 15 is 0 Å². The minimum absolute atomic E-state index is 0.198. The molecule has 1 aliphatic rings. The Bertz CT molecular complexity index is 346. The third-order valence-electron chi connectivity index (χ3n) is 3.15. The lowest BCUT2D eigenvalue weighted by atomic mass is 9.95. The van der Waals surface area contributed by atoms with Gasteiger partial charge in [-0.1, -0.05) is 19.3 Å². The number of phenolic OH excluding ortho intramolecular Hbond substituents is 1. The van der Waals surface area contributed by atoms with E-state index in [0.717, 1.165) is 5.69 Å². The highest BCUT2D eigenvalue weighted by molar-refractivity contribution is 5.54. The molecule has 0 aliphatic heterocycles. The number of phenols is 1. The fourth-order valence-corrected chi connectivity index (χ4v) is 2.26. The molecule has 1 aromatic carbocycles. The smallest absolute Gasteiger partial charge is 0.160 e. The van der Waals surface area contributed by atoms with E-state index < -0.39 is 0 Å². The molecular weight excluding hydrogens is 202 g/mol. The number of rotatable bonds is 3. The normalized spacial score (nSPS) is 17.1. The molecule has 1 saturated carbocycles. The predicted octanol–water partition coefficient (Wildman–Crippen LogP) is 3.15. The van der Waals surface area contributed by atoms with Gasteiger partial charge in [-0.25, -0.2) is 0 Å². The summed E-state index contributed by atoms with van der Waals surface area (Å²) in [4.78, 5) is 0. The van der Waals surface area contributed by atoms with Crippen LogP contribution in [0.1, 0.15) is 32.1 Å². The van der Waals surface area contributed by atoms with E-state index in [1.165, 1.54) is 32.1 Å². The number of hydrogen-bond donors (Lipinski definition) is 2. The van der Waals surface area contributed by atoms with Gasteiger partial charge >= 0.3 is 0 Å². The summed E-state index contributed by atoms with van der Waals surface area (Å²) < 4.78 is 5.01. The summed E-state index contributed by atoms with van der Waals surface area (Å²) in [7, 11) is 1.56. The van der Waals surface area contributed by atoms with Crippen LogP contribution in [0.15, 0.2) is 18.2 Å². The van der Waals surface area contributed by atoms with Crippen molar-refractivity contribution in [3.63, 3.8) is 0 Å². The molecule has 0 spiro atoms. The highest BCUT2D eigenvalue weighted by Gasteiger charge is 2.13. The molecule has 0 aromatic heterocycles. The van der Waals surface area contributed by atoms with Crippen molar-refractivity contribution in [2.24, 2.45) is 0 Å². The van der Waals surface area contributed by atoms with Gasteiger partial charge < -0.3 is 15.2 Å². The molecule has 16 heavy (non-hydrogen) atoms. The number of nitrogens with one attached hydrogen (secondary N) is 1. The monoisotopic (exact) mass is 221 g/mol. The fraction of sp³-hybridized carbons (Fsp3) is 0.538. The molecule has 0 amide bonds. The second kappa shape index (κ2) is 5.10. The van der Waals surface area contributed by atoms with Crippen LogP contribution in [-0.4, -0.2) is 18.3 Å². The SMILES string of the molecule is COc1ccc(NC2CCCCC2)cc1O. The van der Waals surface area contributed by atoms with Crippen molar-refractivity contribution in [3.8, 4) is 11.5 Å². The summed E-state index contributed by atoms with van der Waals surface area (Å²) in [6, 6.07) is 6.03. The summed E-state index contributed by atoms with van der Waals surface area (Å²) in [6.07, 6.45) is 6.42. The first-order valence-electron chi connectivity index (χ1n) is 5.93. The second-order valence-electron chi connectivity index (χ2n) is 4.37. The summed E-state index contributed by atoms with van der Waals surface area (Å²) in [5, 5.41) is 13.1. The quantitative estimate of drug-likeness (QED) is 0.823. The molecule has 0 atom stereocenters. The Morgan fingerprint density at radius 2 is 2.00 bits per heavy atom. The maximum absolute atomic E-state index is 9.66. The Balaban J connectivity index is 2.01. The Labute approximate surface area is 96.4 Å². The van der Waals surface area contributed by atoms with Gasteiger partial charge in [0.2, 0.25) is 0 Å². The van der Waals surface area contributed by atoms with Crippen molar-refractivity contribution in [3.05, 3.63) is 18.2 Å². The van der Waals surface area contributed by atoms with Crippen LogP contribution >= 0.6 is 0 Å². The lowest BCUT2D eigenvalue weighted by Crippen LogP contribution is -2.22. The third kappa shape index (κ3) is 2.60. The maximum atomic E-state index is 9.66. The number of benzene rings is 1. The summed E-state index contributed by atoms with van der Waals surface area (Å²) >= 11 is 0. The largest absolute Gasteiger partial charge is 0.504 e. The number of methoxy groups -OCH3 is 1. The molecule has 1 aromatic rings. The Kier molecular flexibility index (Phi) is 3.54. The molecule has 2 N–H and O–H groups in total. The van der Waals surface area contributed by atoms with Crippen LogP contribution in [0.25, 0.3) is 0 Å². The van der Waals surface area contributed by atoms with Gasteiger partial charge in [0.1, 0.15) is 0 Å². The minimum atomic E-state index is 0.198. The fourth-order valence-electron chi connectivity index (χ4n) is 2.26. The van der Waals surface area contributed by atoms with Crippen LogP contribution in [0.4, 0.5) is 5.69 Å². The van der Waals surface area contributed by atoms with Gasteiger partial charge in [-0.15, -0.1) is 0 Å². The highest BCUT2D eigenvalue weighted by atomic mass is 16.5. The first-order chi connectivity index (χ1) is 7.79. The molecule has 3 heteroatoms. The lowest BCUT2D eigenvalue weighted by molar-refractivity contribution is 0.373. The van der Waals surface area contributed by atoms with Crippen molar-refractivity contribution in [1.82, 2.24) is 0 Å². The topological polar surface area (TPSA) is 41.5 Å². The second-order valence-corrected chi connectivity index (χ2v) is 4.37. The van der Waals surface area contributed by atoms with E-state index in [4.69, 9.17) is 4.74 Å². The summed E-state index contributed by atoms with van der Waals surface area (Å²) in [6.45, 7) is 0. The molecule has 1 fully saturated rings. The van der Waals surface area contributed by atoms with Gasteiger partial charge in [0.05, 0.1) is 7.11 Å². The Morgan fingerprint density at radius 1 is 1.25 bits per heavy atom. The van der Waals surface area contributed by atoms with Crippen molar-refractivity contribution >= 4 is 5.69 Å².